The zero-order valence-corrected chi connectivity index (χ0v) is 13.8. The number of anilines is 2. The number of carbonyl (C=O) groups excluding carboxylic acids is 1. The Kier molecular flexibility index (Phi) is 5.15. The summed E-state index contributed by atoms with van der Waals surface area (Å²) in [5.74, 6) is 1.86. The van der Waals surface area contributed by atoms with Crippen LogP contribution in [-0.4, -0.2) is 55.6 Å². The van der Waals surface area contributed by atoms with Crippen LogP contribution in [0.5, 0.6) is 5.75 Å². The summed E-state index contributed by atoms with van der Waals surface area (Å²) < 4.78 is 5.19. The molecule has 1 amide bonds. The van der Waals surface area contributed by atoms with Gasteiger partial charge in [0.25, 0.3) is 0 Å². The molecular formula is C18H22N4O2. The molecule has 1 aliphatic rings. The third-order valence-electron chi connectivity index (χ3n) is 4.12. The van der Waals surface area contributed by atoms with E-state index in [1.165, 1.54) is 0 Å². The van der Waals surface area contributed by atoms with Crippen LogP contribution < -0.4 is 15.0 Å². The lowest BCUT2D eigenvalue weighted by Gasteiger charge is -2.35. The van der Waals surface area contributed by atoms with Crippen LogP contribution in [0.1, 0.15) is 0 Å². The molecule has 1 aliphatic heterocycles. The van der Waals surface area contributed by atoms with Crippen molar-refractivity contribution in [3.8, 4) is 5.75 Å². The Bertz CT molecular complexity index is 670. The van der Waals surface area contributed by atoms with Crippen molar-refractivity contribution in [2.24, 2.45) is 0 Å². The summed E-state index contributed by atoms with van der Waals surface area (Å²) in [7, 11) is 1.63. The molecule has 0 radical (unpaired) electrons. The summed E-state index contributed by atoms with van der Waals surface area (Å²) in [4.78, 5) is 20.8. The molecule has 0 unspecified atom stereocenters. The van der Waals surface area contributed by atoms with Gasteiger partial charge in [-0.3, -0.25) is 4.79 Å². The Morgan fingerprint density at radius 3 is 2.71 bits per heavy atom. The van der Waals surface area contributed by atoms with Crippen LogP contribution in [0.15, 0.2) is 48.7 Å². The van der Waals surface area contributed by atoms with Gasteiger partial charge in [0.05, 0.1) is 13.7 Å². The monoisotopic (exact) mass is 326 g/mol. The molecule has 0 bridgehead atoms. The van der Waals surface area contributed by atoms with Crippen LogP contribution >= 0.6 is 0 Å². The van der Waals surface area contributed by atoms with Gasteiger partial charge in [0.2, 0.25) is 5.91 Å². The van der Waals surface area contributed by atoms with Crippen molar-refractivity contribution in [1.82, 2.24) is 9.88 Å². The lowest BCUT2D eigenvalue weighted by molar-refractivity contribution is -0.129. The number of methoxy groups -OCH3 is 1. The normalized spacial score (nSPS) is 14.4. The van der Waals surface area contributed by atoms with Gasteiger partial charge in [-0.1, -0.05) is 12.1 Å². The average Bonchev–Trinajstić information content (AvgIpc) is 2.67. The van der Waals surface area contributed by atoms with Gasteiger partial charge in [0, 0.05) is 44.1 Å². The highest BCUT2D eigenvalue weighted by Gasteiger charge is 2.21. The summed E-state index contributed by atoms with van der Waals surface area (Å²) >= 11 is 0. The molecule has 1 fully saturated rings. The van der Waals surface area contributed by atoms with Crippen LogP contribution in [-0.2, 0) is 4.79 Å². The molecule has 1 saturated heterocycles. The van der Waals surface area contributed by atoms with E-state index in [0.29, 0.717) is 0 Å². The molecule has 1 N–H and O–H groups in total. The predicted octanol–water partition coefficient (Wildman–Crippen LogP) is 1.85. The first kappa shape index (κ1) is 16.1. The highest BCUT2D eigenvalue weighted by atomic mass is 16.5. The first-order chi connectivity index (χ1) is 11.8. The maximum Gasteiger partial charge on any atom is 0.241 e. The van der Waals surface area contributed by atoms with Gasteiger partial charge in [-0.05, 0) is 24.3 Å². The van der Waals surface area contributed by atoms with Gasteiger partial charge in [-0.25, -0.2) is 4.98 Å². The fourth-order valence-electron chi connectivity index (χ4n) is 2.75. The van der Waals surface area contributed by atoms with E-state index >= 15 is 0 Å². The van der Waals surface area contributed by atoms with E-state index in [1.807, 2.05) is 47.4 Å². The van der Waals surface area contributed by atoms with Crippen molar-refractivity contribution in [3.63, 3.8) is 0 Å². The lowest BCUT2D eigenvalue weighted by Crippen LogP contribution is -2.50. The fourth-order valence-corrected chi connectivity index (χ4v) is 2.75. The average molecular weight is 326 g/mol. The van der Waals surface area contributed by atoms with Crippen molar-refractivity contribution in [2.45, 2.75) is 0 Å². The number of rotatable bonds is 5. The van der Waals surface area contributed by atoms with E-state index < -0.39 is 0 Å². The number of aromatic nitrogens is 1. The number of piperazine rings is 1. The van der Waals surface area contributed by atoms with Gasteiger partial charge in [-0.2, -0.15) is 0 Å². The zero-order valence-electron chi connectivity index (χ0n) is 13.8. The van der Waals surface area contributed by atoms with Crippen molar-refractivity contribution in [3.05, 3.63) is 48.7 Å². The number of nitrogens with zero attached hydrogens (tertiary/aromatic N) is 3. The molecule has 24 heavy (non-hydrogen) atoms. The lowest BCUT2D eigenvalue weighted by atomic mass is 10.2. The summed E-state index contributed by atoms with van der Waals surface area (Å²) in [6.07, 6.45) is 1.80. The summed E-state index contributed by atoms with van der Waals surface area (Å²) in [5, 5.41) is 3.16. The third-order valence-corrected chi connectivity index (χ3v) is 4.12. The molecule has 0 aliphatic carbocycles. The summed E-state index contributed by atoms with van der Waals surface area (Å²) in [5.41, 5.74) is 0.884. The SMILES string of the molecule is COc1cccc(NCC(=O)N2CCN(c3ccccn3)CC2)c1. The highest BCUT2D eigenvalue weighted by molar-refractivity contribution is 5.81. The first-order valence-corrected chi connectivity index (χ1v) is 8.08. The largest absolute Gasteiger partial charge is 0.497 e. The number of pyridine rings is 1. The predicted molar refractivity (Wildman–Crippen MR) is 94.5 cm³/mol. The van der Waals surface area contributed by atoms with Crippen molar-refractivity contribution >= 4 is 17.4 Å². The third kappa shape index (κ3) is 3.95. The Morgan fingerprint density at radius 1 is 1.17 bits per heavy atom. The van der Waals surface area contributed by atoms with Gasteiger partial charge < -0.3 is 19.9 Å². The summed E-state index contributed by atoms with van der Waals surface area (Å²) in [6.45, 7) is 3.34. The van der Waals surface area contributed by atoms with Crippen LogP contribution in [0.25, 0.3) is 0 Å². The fraction of sp³-hybridized carbons (Fsp3) is 0.333. The Morgan fingerprint density at radius 2 is 2.00 bits per heavy atom. The number of nitrogens with one attached hydrogen (secondary N) is 1. The Labute approximate surface area is 142 Å². The van der Waals surface area contributed by atoms with Crippen LogP contribution in [0.2, 0.25) is 0 Å². The van der Waals surface area contributed by atoms with Crippen LogP contribution in [0.3, 0.4) is 0 Å². The second kappa shape index (κ2) is 7.68. The molecule has 6 heteroatoms. The minimum absolute atomic E-state index is 0.110. The van der Waals surface area contributed by atoms with E-state index in [9.17, 15) is 4.79 Å². The first-order valence-electron chi connectivity index (χ1n) is 8.08. The number of ether oxygens (including phenoxy) is 1. The standard InChI is InChI=1S/C18H22N4O2/c1-24-16-6-4-5-15(13-16)20-14-18(23)22-11-9-21(10-12-22)17-7-2-3-8-19-17/h2-8,13,20H,9-12,14H2,1H3. The second-order valence-electron chi connectivity index (χ2n) is 5.64. The van der Waals surface area contributed by atoms with E-state index in [-0.39, 0.29) is 12.5 Å². The smallest absolute Gasteiger partial charge is 0.241 e. The molecule has 6 nitrogen and oxygen atoms in total. The molecule has 0 spiro atoms. The van der Waals surface area contributed by atoms with Gasteiger partial charge in [0.1, 0.15) is 11.6 Å². The highest BCUT2D eigenvalue weighted by Crippen LogP contribution is 2.17. The molecular weight excluding hydrogens is 304 g/mol. The molecule has 3 rings (SSSR count). The maximum atomic E-state index is 12.4. The van der Waals surface area contributed by atoms with Crippen LogP contribution in [0, 0.1) is 0 Å². The molecule has 2 aromatic rings. The van der Waals surface area contributed by atoms with Crippen molar-refractivity contribution in [1.29, 1.82) is 0 Å². The quantitative estimate of drug-likeness (QED) is 0.909. The number of amides is 1. The van der Waals surface area contributed by atoms with E-state index in [2.05, 4.69) is 15.2 Å². The number of benzene rings is 1. The zero-order chi connectivity index (χ0) is 16.8. The summed E-state index contributed by atoms with van der Waals surface area (Å²) in [6, 6.07) is 13.5. The van der Waals surface area contributed by atoms with Gasteiger partial charge >= 0.3 is 0 Å². The second-order valence-corrected chi connectivity index (χ2v) is 5.64. The van der Waals surface area contributed by atoms with E-state index in [0.717, 1.165) is 43.4 Å². The molecule has 1 aromatic carbocycles. The molecule has 0 saturated carbocycles. The minimum Gasteiger partial charge on any atom is -0.497 e. The Balaban J connectivity index is 1.48. The molecule has 2 heterocycles. The molecule has 0 atom stereocenters. The molecule has 126 valence electrons. The van der Waals surface area contributed by atoms with E-state index in [1.54, 1.807) is 13.3 Å². The van der Waals surface area contributed by atoms with Gasteiger partial charge in [-0.15, -0.1) is 0 Å². The maximum absolute atomic E-state index is 12.4. The number of hydrogen-bond acceptors (Lipinski definition) is 5. The van der Waals surface area contributed by atoms with Gasteiger partial charge in [0.15, 0.2) is 0 Å². The van der Waals surface area contributed by atoms with Crippen LogP contribution in [0.4, 0.5) is 11.5 Å². The number of carbonyl (C=O) groups is 1. The molecule has 1 aromatic heterocycles. The minimum atomic E-state index is 0.110. The number of hydrogen-bond donors (Lipinski definition) is 1. The Hall–Kier alpha value is -2.76. The van der Waals surface area contributed by atoms with Crippen molar-refractivity contribution in [2.75, 3.05) is 50.1 Å². The topological polar surface area (TPSA) is 57.7 Å². The van der Waals surface area contributed by atoms with Crippen molar-refractivity contribution < 1.29 is 9.53 Å². The van der Waals surface area contributed by atoms with E-state index in [4.69, 9.17) is 4.74 Å².